The summed E-state index contributed by atoms with van der Waals surface area (Å²) >= 11 is 6.19. The Kier molecular flexibility index (Phi) is 7.39. The topological polar surface area (TPSA) is 62.8 Å². The SMILES string of the molecule is CC[C@@H]1CN(CCCOc2nc(N3C[C@H]4CC[C@@H](C3)N4)c3cc(Cl)cc(F)c3n2)C[C@H](CC)O1. The van der Waals surface area contributed by atoms with Gasteiger partial charge >= 0.3 is 6.01 Å². The lowest BCUT2D eigenvalue weighted by Crippen LogP contribution is -2.51. The Bertz CT molecular complexity index is 987. The van der Waals surface area contributed by atoms with Crippen LogP contribution in [0, 0.1) is 5.82 Å². The van der Waals surface area contributed by atoms with E-state index in [9.17, 15) is 4.39 Å². The Balaban J connectivity index is 1.29. The molecule has 7 nitrogen and oxygen atoms in total. The summed E-state index contributed by atoms with van der Waals surface area (Å²) in [5.74, 6) is 0.267. The molecule has 9 heteroatoms. The van der Waals surface area contributed by atoms with E-state index in [-0.39, 0.29) is 11.5 Å². The van der Waals surface area contributed by atoms with Gasteiger partial charge in [-0.3, -0.25) is 4.90 Å². The van der Waals surface area contributed by atoms with Crippen LogP contribution in [0.25, 0.3) is 10.9 Å². The molecule has 2 aromatic rings. The van der Waals surface area contributed by atoms with E-state index in [0.29, 0.717) is 47.1 Å². The fourth-order valence-corrected chi connectivity index (χ4v) is 5.70. The minimum Gasteiger partial charge on any atom is -0.463 e. The third-order valence-electron chi connectivity index (χ3n) is 7.26. The lowest BCUT2D eigenvalue weighted by molar-refractivity contribution is -0.0875. The minimum absolute atomic E-state index is 0.231. The summed E-state index contributed by atoms with van der Waals surface area (Å²) in [5.41, 5.74) is 0.264. The molecule has 0 unspecified atom stereocenters. The van der Waals surface area contributed by atoms with Gasteiger partial charge in [0.25, 0.3) is 0 Å². The number of rotatable bonds is 8. The second kappa shape index (κ2) is 10.5. The molecule has 186 valence electrons. The van der Waals surface area contributed by atoms with Crippen molar-refractivity contribution < 1.29 is 13.9 Å². The lowest BCUT2D eigenvalue weighted by Gasteiger charge is -2.37. The number of hydrogen-bond acceptors (Lipinski definition) is 7. The summed E-state index contributed by atoms with van der Waals surface area (Å²) < 4.78 is 26.9. The van der Waals surface area contributed by atoms with Crippen molar-refractivity contribution in [2.24, 2.45) is 0 Å². The van der Waals surface area contributed by atoms with Gasteiger partial charge in [-0.05, 0) is 44.2 Å². The summed E-state index contributed by atoms with van der Waals surface area (Å²) in [4.78, 5) is 13.9. The highest BCUT2D eigenvalue weighted by Gasteiger charge is 2.34. The zero-order valence-electron chi connectivity index (χ0n) is 20.1. The molecular weight excluding hydrogens is 457 g/mol. The second-order valence-electron chi connectivity index (χ2n) is 9.81. The van der Waals surface area contributed by atoms with Crippen molar-refractivity contribution in [2.75, 3.05) is 44.2 Å². The van der Waals surface area contributed by atoms with Crippen LogP contribution in [0.5, 0.6) is 6.01 Å². The van der Waals surface area contributed by atoms with Crippen molar-refractivity contribution >= 4 is 28.3 Å². The van der Waals surface area contributed by atoms with Gasteiger partial charge in [0.2, 0.25) is 0 Å². The van der Waals surface area contributed by atoms with E-state index in [4.69, 9.17) is 26.1 Å². The molecular formula is C25H35ClFN5O2. The van der Waals surface area contributed by atoms with Crippen LogP contribution in [0.3, 0.4) is 0 Å². The maximum Gasteiger partial charge on any atom is 0.319 e. The molecule has 34 heavy (non-hydrogen) atoms. The van der Waals surface area contributed by atoms with E-state index in [1.54, 1.807) is 6.07 Å². The number of nitrogens with zero attached hydrogens (tertiary/aromatic N) is 4. The molecule has 4 heterocycles. The van der Waals surface area contributed by atoms with E-state index in [2.05, 4.69) is 33.9 Å². The van der Waals surface area contributed by atoms with E-state index in [1.807, 2.05) is 0 Å². The maximum atomic E-state index is 14.8. The van der Waals surface area contributed by atoms with Crippen molar-refractivity contribution in [1.29, 1.82) is 0 Å². The molecule has 1 N–H and O–H groups in total. The molecule has 0 spiro atoms. The fraction of sp³-hybridized carbons (Fsp3) is 0.680. The van der Waals surface area contributed by atoms with Gasteiger partial charge in [0.1, 0.15) is 11.3 Å². The number of nitrogens with one attached hydrogen (secondary N) is 1. The van der Waals surface area contributed by atoms with Gasteiger partial charge in [0.05, 0.1) is 18.8 Å². The van der Waals surface area contributed by atoms with E-state index < -0.39 is 5.82 Å². The first-order valence-corrected chi connectivity index (χ1v) is 13.1. The van der Waals surface area contributed by atoms with Crippen LogP contribution in [0.2, 0.25) is 5.02 Å². The average molecular weight is 492 g/mol. The molecule has 1 aromatic heterocycles. The van der Waals surface area contributed by atoms with Crippen molar-refractivity contribution in [3.05, 3.63) is 23.0 Å². The van der Waals surface area contributed by atoms with Gasteiger partial charge in [-0.15, -0.1) is 0 Å². The van der Waals surface area contributed by atoms with Gasteiger partial charge in [0.15, 0.2) is 5.82 Å². The third-order valence-corrected chi connectivity index (χ3v) is 7.48. The summed E-state index contributed by atoms with van der Waals surface area (Å²) in [6.07, 6.45) is 5.82. The number of piperazine rings is 1. The van der Waals surface area contributed by atoms with Gasteiger partial charge in [0, 0.05) is 55.2 Å². The zero-order valence-corrected chi connectivity index (χ0v) is 20.9. The normalized spacial score (nSPS) is 27.5. The number of ether oxygens (including phenoxy) is 2. The molecule has 3 fully saturated rings. The highest BCUT2D eigenvalue weighted by atomic mass is 35.5. The van der Waals surface area contributed by atoms with Crippen molar-refractivity contribution in [3.8, 4) is 6.01 Å². The first kappa shape index (κ1) is 24.0. The molecule has 2 bridgehead atoms. The lowest BCUT2D eigenvalue weighted by atomic mass is 10.1. The monoisotopic (exact) mass is 491 g/mol. The predicted octanol–water partition coefficient (Wildman–Crippen LogP) is 4.02. The molecule has 3 aliphatic rings. The minimum atomic E-state index is -0.446. The Hall–Kier alpha value is -1.74. The van der Waals surface area contributed by atoms with Crippen LogP contribution < -0.4 is 15.0 Å². The maximum absolute atomic E-state index is 14.8. The van der Waals surface area contributed by atoms with Crippen LogP contribution in [-0.4, -0.2) is 78.5 Å². The van der Waals surface area contributed by atoms with Crippen LogP contribution >= 0.6 is 11.6 Å². The summed E-state index contributed by atoms with van der Waals surface area (Å²) in [6.45, 7) is 9.36. The van der Waals surface area contributed by atoms with Gasteiger partial charge in [-0.2, -0.15) is 9.97 Å². The van der Waals surface area contributed by atoms with E-state index in [0.717, 1.165) is 64.8 Å². The third kappa shape index (κ3) is 5.25. The van der Waals surface area contributed by atoms with Gasteiger partial charge in [-0.25, -0.2) is 4.39 Å². The summed E-state index contributed by atoms with van der Waals surface area (Å²) in [6, 6.07) is 4.16. The van der Waals surface area contributed by atoms with Crippen LogP contribution in [0.15, 0.2) is 12.1 Å². The molecule has 0 saturated carbocycles. The second-order valence-corrected chi connectivity index (χ2v) is 10.3. The van der Waals surface area contributed by atoms with Crippen LogP contribution in [-0.2, 0) is 4.74 Å². The number of anilines is 1. The van der Waals surface area contributed by atoms with Gasteiger partial charge in [-0.1, -0.05) is 25.4 Å². The smallest absolute Gasteiger partial charge is 0.319 e. The fourth-order valence-electron chi connectivity index (χ4n) is 5.49. The van der Waals surface area contributed by atoms with E-state index in [1.165, 1.54) is 6.07 Å². The van der Waals surface area contributed by atoms with Crippen LogP contribution in [0.1, 0.15) is 46.0 Å². The average Bonchev–Trinajstić information content (AvgIpc) is 3.18. The van der Waals surface area contributed by atoms with Crippen molar-refractivity contribution in [1.82, 2.24) is 20.2 Å². The first-order valence-electron chi connectivity index (χ1n) is 12.7. The first-order chi connectivity index (χ1) is 16.5. The molecule has 0 aliphatic carbocycles. The molecule has 0 amide bonds. The Labute approximate surface area is 206 Å². The largest absolute Gasteiger partial charge is 0.463 e. The number of halogens is 2. The molecule has 3 saturated heterocycles. The number of benzene rings is 1. The number of fused-ring (bicyclic) bond motifs is 3. The Morgan fingerprint density at radius 3 is 2.47 bits per heavy atom. The number of hydrogen-bond donors (Lipinski definition) is 1. The predicted molar refractivity (Wildman–Crippen MR) is 132 cm³/mol. The van der Waals surface area contributed by atoms with Crippen LogP contribution in [0.4, 0.5) is 10.2 Å². The zero-order chi connectivity index (χ0) is 23.7. The van der Waals surface area contributed by atoms with Crippen molar-refractivity contribution in [2.45, 2.75) is 70.2 Å². The summed E-state index contributed by atoms with van der Waals surface area (Å²) in [7, 11) is 0. The molecule has 0 radical (unpaired) electrons. The Morgan fingerprint density at radius 1 is 1.09 bits per heavy atom. The molecule has 4 atom stereocenters. The molecule has 1 aromatic carbocycles. The summed E-state index contributed by atoms with van der Waals surface area (Å²) in [5, 5.41) is 4.62. The highest BCUT2D eigenvalue weighted by molar-refractivity contribution is 6.31. The quantitative estimate of drug-likeness (QED) is 0.559. The molecule has 5 rings (SSSR count). The van der Waals surface area contributed by atoms with Crippen molar-refractivity contribution in [3.63, 3.8) is 0 Å². The highest BCUT2D eigenvalue weighted by Crippen LogP contribution is 2.33. The number of morpholine rings is 1. The van der Waals surface area contributed by atoms with E-state index >= 15 is 0 Å². The standard InChI is InChI=1S/C25H35ClFN5O2/c1-3-19-14-31(15-20(4-2)34-19)8-5-9-33-25-29-23-21(10-16(26)11-22(23)27)24(30-25)32-12-17-6-7-18(13-32)28-17/h10-11,17-20,28H,3-9,12-15H2,1-2H3/t17-,18+,19-,20+. The number of aromatic nitrogens is 2. The molecule has 3 aliphatic heterocycles. The van der Waals surface area contributed by atoms with Gasteiger partial charge < -0.3 is 19.7 Å². The Morgan fingerprint density at radius 2 is 1.79 bits per heavy atom.